The quantitative estimate of drug-likeness (QED) is 0.683. The van der Waals surface area contributed by atoms with E-state index < -0.39 is 0 Å². The maximum absolute atomic E-state index is 10.0. The Kier molecular flexibility index (Phi) is 2.89. The largest absolute Gasteiger partial charge is 0.393 e. The van der Waals surface area contributed by atoms with Crippen LogP contribution >= 0.6 is 0 Å². The summed E-state index contributed by atoms with van der Waals surface area (Å²) in [5, 5.41) is 10.0. The van der Waals surface area contributed by atoms with Gasteiger partial charge in [0.15, 0.2) is 0 Å². The van der Waals surface area contributed by atoms with Gasteiger partial charge in [-0.3, -0.25) is 0 Å². The van der Waals surface area contributed by atoms with Crippen LogP contribution < -0.4 is 0 Å². The molecule has 4 saturated carbocycles. The van der Waals surface area contributed by atoms with E-state index in [1.807, 2.05) is 0 Å². The van der Waals surface area contributed by atoms with Crippen molar-refractivity contribution in [2.45, 2.75) is 78.2 Å². The summed E-state index contributed by atoms with van der Waals surface area (Å²) in [6.07, 6.45) is 10.8. The maximum Gasteiger partial charge on any atom is 0.0543 e. The number of aliphatic hydroxyl groups is 1. The lowest BCUT2D eigenvalue weighted by atomic mass is 9.38. The molecule has 4 rings (SSSR count). The molecule has 0 aliphatic heterocycles. The van der Waals surface area contributed by atoms with E-state index in [1.54, 1.807) is 0 Å². The summed E-state index contributed by atoms with van der Waals surface area (Å²) < 4.78 is 0. The fourth-order valence-electron chi connectivity index (χ4n) is 7.13. The Morgan fingerprint density at radius 2 is 1.60 bits per heavy atom. The van der Waals surface area contributed by atoms with Crippen molar-refractivity contribution in [2.24, 2.45) is 40.4 Å². The van der Waals surface area contributed by atoms with Crippen LogP contribution in [-0.2, 0) is 0 Å². The molecular formula is C19H32O. The van der Waals surface area contributed by atoms with Crippen LogP contribution in [0.3, 0.4) is 0 Å². The molecule has 1 N–H and O–H groups in total. The predicted octanol–water partition coefficient (Wildman–Crippen LogP) is 4.64. The third kappa shape index (κ3) is 1.59. The molecule has 114 valence electrons. The van der Waals surface area contributed by atoms with Gasteiger partial charge < -0.3 is 5.11 Å². The van der Waals surface area contributed by atoms with Crippen LogP contribution in [0.2, 0.25) is 0 Å². The summed E-state index contributed by atoms with van der Waals surface area (Å²) in [6, 6.07) is 0. The average molecular weight is 276 g/mol. The Morgan fingerprint density at radius 1 is 0.850 bits per heavy atom. The van der Waals surface area contributed by atoms with E-state index in [0.717, 1.165) is 42.4 Å². The average Bonchev–Trinajstić information content (AvgIpc) is 2.42. The number of hydrogen-bond acceptors (Lipinski definition) is 1. The van der Waals surface area contributed by atoms with Crippen molar-refractivity contribution in [3.8, 4) is 0 Å². The van der Waals surface area contributed by atoms with Crippen LogP contribution in [0.4, 0.5) is 0 Å². The van der Waals surface area contributed by atoms with Gasteiger partial charge in [-0.1, -0.05) is 20.8 Å². The lowest BCUT2D eigenvalue weighted by molar-refractivity contribution is -0.182. The second-order valence-electron chi connectivity index (χ2n) is 9.27. The minimum atomic E-state index is 0.00204. The number of fused-ring (bicyclic) bond motifs is 5. The second kappa shape index (κ2) is 4.24. The zero-order valence-corrected chi connectivity index (χ0v) is 13.6. The van der Waals surface area contributed by atoms with E-state index in [0.29, 0.717) is 10.8 Å². The zero-order valence-electron chi connectivity index (χ0n) is 13.6. The predicted molar refractivity (Wildman–Crippen MR) is 82.3 cm³/mol. The van der Waals surface area contributed by atoms with Gasteiger partial charge in [-0.15, -0.1) is 0 Å². The number of hydrogen-bond donors (Lipinski definition) is 1. The SMILES string of the molecule is CC1CC2C3CCC4C[C@@H](O)CCC4(C)C3CCC12C. The Bertz CT molecular complexity index is 405. The van der Waals surface area contributed by atoms with Gasteiger partial charge in [0.05, 0.1) is 6.10 Å². The molecule has 1 nitrogen and oxygen atoms in total. The van der Waals surface area contributed by atoms with Crippen LogP contribution in [0.15, 0.2) is 0 Å². The first-order chi connectivity index (χ1) is 9.45. The van der Waals surface area contributed by atoms with E-state index in [4.69, 9.17) is 0 Å². The van der Waals surface area contributed by atoms with Gasteiger partial charge in [-0.05, 0) is 91.8 Å². The molecular weight excluding hydrogens is 244 g/mol. The van der Waals surface area contributed by atoms with Gasteiger partial charge >= 0.3 is 0 Å². The Balaban J connectivity index is 1.60. The van der Waals surface area contributed by atoms with Gasteiger partial charge in [-0.2, -0.15) is 0 Å². The van der Waals surface area contributed by atoms with E-state index >= 15 is 0 Å². The summed E-state index contributed by atoms with van der Waals surface area (Å²) in [5.74, 6) is 4.79. The highest BCUT2D eigenvalue weighted by atomic mass is 16.3. The number of aliphatic hydroxyl groups excluding tert-OH is 1. The van der Waals surface area contributed by atoms with E-state index in [9.17, 15) is 5.11 Å². The van der Waals surface area contributed by atoms with Crippen LogP contribution in [-0.4, -0.2) is 11.2 Å². The molecule has 0 radical (unpaired) electrons. The molecule has 0 aromatic heterocycles. The van der Waals surface area contributed by atoms with Crippen molar-refractivity contribution >= 4 is 0 Å². The molecule has 20 heavy (non-hydrogen) atoms. The first-order valence-electron chi connectivity index (χ1n) is 9.13. The molecule has 4 aliphatic carbocycles. The molecule has 0 saturated heterocycles. The number of rotatable bonds is 0. The van der Waals surface area contributed by atoms with Crippen molar-refractivity contribution in [3.05, 3.63) is 0 Å². The van der Waals surface area contributed by atoms with E-state index in [-0.39, 0.29) is 6.10 Å². The van der Waals surface area contributed by atoms with Gasteiger partial charge in [0.1, 0.15) is 0 Å². The lowest BCUT2D eigenvalue weighted by Crippen LogP contribution is -2.59. The first kappa shape index (κ1) is 13.6. The molecule has 4 fully saturated rings. The molecule has 7 unspecified atom stereocenters. The fourth-order valence-corrected chi connectivity index (χ4v) is 7.13. The normalized spacial score (nSPS) is 61.8. The topological polar surface area (TPSA) is 20.2 Å². The maximum atomic E-state index is 10.0. The summed E-state index contributed by atoms with van der Waals surface area (Å²) in [6.45, 7) is 7.66. The van der Waals surface area contributed by atoms with Crippen molar-refractivity contribution < 1.29 is 5.11 Å². The van der Waals surface area contributed by atoms with E-state index in [1.165, 1.54) is 38.5 Å². The van der Waals surface area contributed by atoms with Crippen LogP contribution in [0.5, 0.6) is 0 Å². The van der Waals surface area contributed by atoms with E-state index in [2.05, 4.69) is 20.8 Å². The van der Waals surface area contributed by atoms with Crippen LogP contribution in [0.1, 0.15) is 72.1 Å². The molecule has 0 bridgehead atoms. The minimum absolute atomic E-state index is 0.00204. The highest BCUT2D eigenvalue weighted by molar-refractivity contribution is 5.10. The van der Waals surface area contributed by atoms with Crippen LogP contribution in [0.25, 0.3) is 0 Å². The molecule has 0 heterocycles. The molecule has 0 aromatic rings. The Hall–Kier alpha value is -0.0400. The lowest BCUT2D eigenvalue weighted by Gasteiger charge is -2.67. The monoisotopic (exact) mass is 276 g/mol. The highest BCUT2D eigenvalue weighted by Gasteiger charge is 2.61. The summed E-state index contributed by atoms with van der Waals surface area (Å²) in [4.78, 5) is 0. The molecule has 0 spiro atoms. The summed E-state index contributed by atoms with van der Waals surface area (Å²) in [5.41, 5.74) is 1.24. The minimum Gasteiger partial charge on any atom is -0.393 e. The van der Waals surface area contributed by atoms with Gasteiger partial charge in [-0.25, -0.2) is 0 Å². The van der Waals surface area contributed by atoms with Crippen molar-refractivity contribution in [1.82, 2.24) is 0 Å². The fraction of sp³-hybridized carbons (Fsp3) is 1.00. The molecule has 8 atom stereocenters. The standard InChI is InChI=1S/C19H32O/c1-12-10-17-15-5-4-13-11-14(20)6-8-19(13,3)16(15)7-9-18(12,17)2/h12-17,20H,4-11H2,1-3H3/t12?,13?,14-,15?,16?,17?,18?,19?/m0/s1. The highest BCUT2D eigenvalue weighted by Crippen LogP contribution is 2.69. The Morgan fingerprint density at radius 3 is 2.35 bits per heavy atom. The zero-order chi connectivity index (χ0) is 14.1. The second-order valence-corrected chi connectivity index (χ2v) is 9.27. The van der Waals surface area contributed by atoms with Gasteiger partial charge in [0.25, 0.3) is 0 Å². The van der Waals surface area contributed by atoms with Gasteiger partial charge in [0.2, 0.25) is 0 Å². The van der Waals surface area contributed by atoms with Gasteiger partial charge in [0, 0.05) is 0 Å². The summed E-state index contributed by atoms with van der Waals surface area (Å²) >= 11 is 0. The third-order valence-electron chi connectivity index (χ3n) is 8.81. The first-order valence-corrected chi connectivity index (χ1v) is 9.13. The molecule has 1 heteroatoms. The molecule has 0 amide bonds. The smallest absolute Gasteiger partial charge is 0.0543 e. The molecule has 4 aliphatic rings. The Labute approximate surface area is 124 Å². The van der Waals surface area contributed by atoms with Crippen LogP contribution in [0, 0.1) is 40.4 Å². The van der Waals surface area contributed by atoms with Crippen molar-refractivity contribution in [2.75, 3.05) is 0 Å². The summed E-state index contributed by atoms with van der Waals surface area (Å²) in [7, 11) is 0. The van der Waals surface area contributed by atoms with Crippen molar-refractivity contribution in [1.29, 1.82) is 0 Å². The van der Waals surface area contributed by atoms with Crippen molar-refractivity contribution in [3.63, 3.8) is 0 Å². The molecule has 0 aromatic carbocycles. The third-order valence-corrected chi connectivity index (χ3v) is 8.81.